The first kappa shape index (κ1) is 23.6. The van der Waals surface area contributed by atoms with Crippen molar-refractivity contribution in [3.05, 3.63) is 82.7 Å². The van der Waals surface area contributed by atoms with Crippen LogP contribution in [0, 0.1) is 13.8 Å². The fraction of sp³-hybridized carbons (Fsp3) is 0.179. The summed E-state index contributed by atoms with van der Waals surface area (Å²) in [7, 11) is 0. The van der Waals surface area contributed by atoms with E-state index >= 15 is 0 Å². The normalized spacial score (nSPS) is 14.7. The van der Waals surface area contributed by atoms with Gasteiger partial charge in [0.1, 0.15) is 23.8 Å². The van der Waals surface area contributed by atoms with Gasteiger partial charge in [0.05, 0.1) is 16.4 Å². The number of benzene rings is 3. The van der Waals surface area contributed by atoms with E-state index < -0.39 is 6.10 Å². The highest BCUT2D eigenvalue weighted by atomic mass is 32.1. The number of carbonyl (C=O) groups is 2. The molecule has 5 rings (SSSR count). The van der Waals surface area contributed by atoms with Crippen molar-refractivity contribution in [2.75, 3.05) is 16.8 Å². The molecule has 182 valence electrons. The van der Waals surface area contributed by atoms with Crippen LogP contribution in [0.3, 0.4) is 0 Å². The maximum absolute atomic E-state index is 13.0. The third-order valence-electron chi connectivity index (χ3n) is 5.76. The van der Waals surface area contributed by atoms with Gasteiger partial charge in [-0.15, -0.1) is 11.3 Å². The summed E-state index contributed by atoms with van der Waals surface area (Å²) in [5.41, 5.74) is 2.91. The average molecular weight is 500 g/mol. The van der Waals surface area contributed by atoms with Gasteiger partial charge >= 0.3 is 0 Å². The summed E-state index contributed by atoms with van der Waals surface area (Å²) in [6.07, 6.45) is -0.686. The second kappa shape index (κ2) is 9.83. The minimum Gasteiger partial charge on any atom is -0.479 e. The predicted molar refractivity (Wildman–Crippen MR) is 141 cm³/mol. The second-order valence-electron chi connectivity index (χ2n) is 8.49. The molecule has 1 atom stereocenters. The number of para-hydroxylation sites is 1. The third-order valence-corrected chi connectivity index (χ3v) is 6.65. The van der Waals surface area contributed by atoms with E-state index in [0.29, 0.717) is 22.9 Å². The molecular weight excluding hydrogens is 474 g/mol. The molecule has 0 aliphatic carbocycles. The van der Waals surface area contributed by atoms with Gasteiger partial charge in [-0.2, -0.15) is 0 Å². The number of amides is 2. The van der Waals surface area contributed by atoms with E-state index in [0.717, 1.165) is 26.9 Å². The van der Waals surface area contributed by atoms with Gasteiger partial charge < -0.3 is 14.8 Å². The zero-order valence-electron chi connectivity index (χ0n) is 20.1. The van der Waals surface area contributed by atoms with Crippen molar-refractivity contribution in [1.82, 2.24) is 4.98 Å². The molecule has 3 aromatic carbocycles. The molecule has 0 saturated heterocycles. The fourth-order valence-electron chi connectivity index (χ4n) is 4.09. The molecule has 1 aromatic heterocycles. The number of thiazole rings is 1. The molecule has 0 fully saturated rings. The van der Waals surface area contributed by atoms with Crippen LogP contribution >= 0.6 is 11.3 Å². The molecule has 8 heteroatoms. The Labute approximate surface area is 213 Å². The van der Waals surface area contributed by atoms with Gasteiger partial charge in [-0.1, -0.05) is 18.2 Å². The third kappa shape index (κ3) is 4.94. The molecule has 0 bridgehead atoms. The van der Waals surface area contributed by atoms with Crippen LogP contribution in [0.5, 0.6) is 17.2 Å². The number of hydrogen-bond donors (Lipinski definition) is 1. The van der Waals surface area contributed by atoms with Gasteiger partial charge in [-0.25, -0.2) is 4.98 Å². The van der Waals surface area contributed by atoms with E-state index in [-0.39, 0.29) is 18.4 Å². The molecule has 1 N–H and O–H groups in total. The molecule has 1 unspecified atom stereocenters. The Bertz CT molecular complexity index is 1420. The summed E-state index contributed by atoms with van der Waals surface area (Å²) in [6.45, 7) is 5.53. The number of nitrogens with one attached hydrogen (secondary N) is 1. The van der Waals surface area contributed by atoms with Gasteiger partial charge in [0.25, 0.3) is 5.91 Å². The van der Waals surface area contributed by atoms with Gasteiger partial charge in [-0.3, -0.25) is 14.5 Å². The van der Waals surface area contributed by atoms with Crippen molar-refractivity contribution in [1.29, 1.82) is 0 Å². The number of carbonyl (C=O) groups excluding carboxylic acids is 2. The lowest BCUT2D eigenvalue weighted by atomic mass is 10.1. The molecule has 1 aliphatic rings. The molecule has 1 aliphatic heterocycles. The number of anilines is 2. The van der Waals surface area contributed by atoms with Crippen molar-refractivity contribution in [3.63, 3.8) is 0 Å². The minimum atomic E-state index is -0.686. The highest BCUT2D eigenvalue weighted by Crippen LogP contribution is 2.38. The number of fused-ring (bicyclic) bond motifs is 1. The topological polar surface area (TPSA) is 80.8 Å². The smallest absolute Gasteiger partial charge is 0.268 e. The van der Waals surface area contributed by atoms with E-state index in [1.807, 2.05) is 62.4 Å². The SMILES string of the molecule is Cc1nc(-c2ccc3c(c2)N(CC(=O)Nc2ccc(Oc4ccccc4)cc2)C(=O)C(C)O3)c(C)s1. The Morgan fingerprint density at radius 1 is 1.06 bits per heavy atom. The zero-order chi connectivity index (χ0) is 25.2. The van der Waals surface area contributed by atoms with Crippen LogP contribution in [0.15, 0.2) is 72.8 Å². The first-order chi connectivity index (χ1) is 17.4. The molecule has 0 spiro atoms. The van der Waals surface area contributed by atoms with Crippen LogP contribution in [-0.4, -0.2) is 29.4 Å². The van der Waals surface area contributed by atoms with Crippen molar-refractivity contribution in [3.8, 4) is 28.5 Å². The van der Waals surface area contributed by atoms with Gasteiger partial charge in [0, 0.05) is 16.1 Å². The largest absolute Gasteiger partial charge is 0.479 e. The van der Waals surface area contributed by atoms with Gasteiger partial charge in [0.2, 0.25) is 5.91 Å². The zero-order valence-corrected chi connectivity index (χ0v) is 21.0. The lowest BCUT2D eigenvalue weighted by molar-refractivity contribution is -0.127. The van der Waals surface area contributed by atoms with Crippen LogP contribution in [0.1, 0.15) is 16.8 Å². The van der Waals surface area contributed by atoms with Crippen molar-refractivity contribution in [2.45, 2.75) is 26.9 Å². The van der Waals surface area contributed by atoms with Gasteiger partial charge in [-0.05, 0) is 75.4 Å². The Hall–Kier alpha value is -4.17. The standard InChI is InChI=1S/C28H25N3O4S/c1-17-28(33)31(24-15-20(9-14-25(24)34-17)27-18(2)36-19(3)29-27)16-26(32)30-21-10-12-23(13-11-21)35-22-7-5-4-6-8-22/h4-15,17H,16H2,1-3H3,(H,30,32). The second-order valence-corrected chi connectivity index (χ2v) is 9.90. The monoisotopic (exact) mass is 499 g/mol. The molecular formula is C28H25N3O4S. The van der Waals surface area contributed by atoms with E-state index in [1.54, 1.807) is 42.5 Å². The van der Waals surface area contributed by atoms with Gasteiger partial charge in [0.15, 0.2) is 6.10 Å². The number of aromatic nitrogens is 1. The van der Waals surface area contributed by atoms with Crippen LogP contribution in [0.25, 0.3) is 11.3 Å². The lowest BCUT2D eigenvalue weighted by Crippen LogP contribution is -2.47. The number of hydrogen-bond acceptors (Lipinski definition) is 6. The first-order valence-electron chi connectivity index (χ1n) is 11.6. The lowest BCUT2D eigenvalue weighted by Gasteiger charge is -2.33. The van der Waals surface area contributed by atoms with Crippen LogP contribution in [0.4, 0.5) is 11.4 Å². The van der Waals surface area contributed by atoms with Crippen LogP contribution in [-0.2, 0) is 9.59 Å². The molecule has 0 saturated carbocycles. The van der Waals surface area contributed by atoms with E-state index in [9.17, 15) is 9.59 Å². The maximum atomic E-state index is 13.0. The van der Waals surface area contributed by atoms with E-state index in [1.165, 1.54) is 4.90 Å². The quantitative estimate of drug-likeness (QED) is 0.353. The summed E-state index contributed by atoms with van der Waals surface area (Å²) in [6, 6.07) is 22.2. The number of aryl methyl sites for hydroxylation is 2. The van der Waals surface area contributed by atoms with Crippen molar-refractivity contribution < 1.29 is 19.1 Å². The predicted octanol–water partition coefficient (Wildman–Crippen LogP) is 5.97. The Morgan fingerprint density at radius 3 is 2.47 bits per heavy atom. The summed E-state index contributed by atoms with van der Waals surface area (Å²) in [4.78, 5) is 33.1. The van der Waals surface area contributed by atoms with Crippen molar-refractivity contribution in [2.24, 2.45) is 0 Å². The molecule has 2 heterocycles. The van der Waals surface area contributed by atoms with Crippen LogP contribution in [0.2, 0.25) is 0 Å². The van der Waals surface area contributed by atoms with Crippen LogP contribution < -0.4 is 19.7 Å². The Kier molecular flexibility index (Phi) is 6.43. The number of nitrogens with zero attached hydrogens (tertiary/aromatic N) is 2. The summed E-state index contributed by atoms with van der Waals surface area (Å²) in [5, 5.41) is 3.84. The van der Waals surface area contributed by atoms with E-state index in [4.69, 9.17) is 9.47 Å². The Morgan fingerprint density at radius 2 is 1.78 bits per heavy atom. The average Bonchev–Trinajstić information content (AvgIpc) is 3.21. The first-order valence-corrected chi connectivity index (χ1v) is 12.4. The molecule has 36 heavy (non-hydrogen) atoms. The maximum Gasteiger partial charge on any atom is 0.268 e. The van der Waals surface area contributed by atoms with Crippen molar-refractivity contribution >= 4 is 34.5 Å². The highest BCUT2D eigenvalue weighted by molar-refractivity contribution is 7.11. The summed E-state index contributed by atoms with van der Waals surface area (Å²) < 4.78 is 11.6. The minimum absolute atomic E-state index is 0.139. The molecule has 2 amide bonds. The molecule has 7 nitrogen and oxygen atoms in total. The van der Waals surface area contributed by atoms with E-state index in [2.05, 4.69) is 10.3 Å². The fourth-order valence-corrected chi connectivity index (χ4v) is 4.93. The summed E-state index contributed by atoms with van der Waals surface area (Å²) >= 11 is 1.62. The molecule has 4 aromatic rings. The molecule has 0 radical (unpaired) electrons. The summed E-state index contributed by atoms with van der Waals surface area (Å²) in [5.74, 6) is 1.37. The highest BCUT2D eigenvalue weighted by Gasteiger charge is 2.33. The number of ether oxygens (including phenoxy) is 2. The number of rotatable bonds is 6. The Balaban J connectivity index is 1.32.